The first-order valence-corrected chi connectivity index (χ1v) is 7.95. The highest BCUT2D eigenvalue weighted by Gasteiger charge is 2.12. The molecule has 0 unspecified atom stereocenters. The standard InChI is InChI=1S/C16H18Cl2N2O3/c1-20(2)8-7-19-16(21)15-6-4-12(23-15)10-22-14-5-3-11(17)9-13(14)18/h3-6,9H,7-8,10H2,1-2H3,(H,19,21)/p+1. The molecule has 5 nitrogen and oxygen atoms in total. The van der Waals surface area contributed by atoms with E-state index in [0.717, 1.165) is 6.54 Å². The Morgan fingerprint density at radius 1 is 1.26 bits per heavy atom. The molecule has 0 atom stereocenters. The number of carbonyl (C=O) groups excluding carboxylic acids is 1. The summed E-state index contributed by atoms with van der Waals surface area (Å²) in [6.45, 7) is 1.61. The molecule has 2 rings (SSSR count). The number of rotatable bonds is 7. The van der Waals surface area contributed by atoms with Crippen molar-refractivity contribution in [1.29, 1.82) is 0 Å². The second-order valence-electron chi connectivity index (χ2n) is 5.34. The predicted molar refractivity (Wildman–Crippen MR) is 89.5 cm³/mol. The number of hydrogen-bond donors (Lipinski definition) is 2. The van der Waals surface area contributed by atoms with Crippen molar-refractivity contribution in [2.24, 2.45) is 0 Å². The molecule has 1 amide bonds. The SMILES string of the molecule is C[NH+](C)CCNC(=O)c1ccc(COc2ccc(Cl)cc2Cl)o1. The number of quaternary nitrogens is 1. The van der Waals surface area contributed by atoms with E-state index in [1.54, 1.807) is 30.3 Å². The van der Waals surface area contributed by atoms with Crippen LogP contribution in [0.4, 0.5) is 0 Å². The van der Waals surface area contributed by atoms with Crippen LogP contribution in [0.25, 0.3) is 0 Å². The predicted octanol–water partition coefficient (Wildman–Crippen LogP) is 2.04. The van der Waals surface area contributed by atoms with Crippen LogP contribution in [-0.2, 0) is 6.61 Å². The van der Waals surface area contributed by atoms with Gasteiger partial charge in [-0.15, -0.1) is 0 Å². The van der Waals surface area contributed by atoms with Crippen molar-refractivity contribution in [2.75, 3.05) is 27.2 Å². The number of hydrogen-bond acceptors (Lipinski definition) is 3. The van der Waals surface area contributed by atoms with Crippen molar-refractivity contribution in [1.82, 2.24) is 5.32 Å². The van der Waals surface area contributed by atoms with Gasteiger partial charge in [-0.3, -0.25) is 4.79 Å². The summed E-state index contributed by atoms with van der Waals surface area (Å²) in [4.78, 5) is 13.2. The Hall–Kier alpha value is -1.69. The quantitative estimate of drug-likeness (QED) is 0.797. The van der Waals surface area contributed by atoms with Crippen LogP contribution < -0.4 is 15.0 Å². The molecular weight excluding hydrogens is 339 g/mol. The highest BCUT2D eigenvalue weighted by atomic mass is 35.5. The Balaban J connectivity index is 1.88. The minimum atomic E-state index is -0.234. The van der Waals surface area contributed by atoms with E-state index in [0.29, 0.717) is 28.1 Å². The maximum Gasteiger partial charge on any atom is 0.287 e. The third kappa shape index (κ3) is 5.46. The van der Waals surface area contributed by atoms with Gasteiger partial charge in [0.2, 0.25) is 0 Å². The molecule has 7 heteroatoms. The summed E-state index contributed by atoms with van der Waals surface area (Å²) in [6, 6.07) is 8.31. The summed E-state index contributed by atoms with van der Waals surface area (Å²) in [6.07, 6.45) is 0. The average Bonchev–Trinajstić information content (AvgIpc) is 2.95. The fraction of sp³-hybridized carbons (Fsp3) is 0.312. The lowest BCUT2D eigenvalue weighted by molar-refractivity contribution is -0.856. The lowest BCUT2D eigenvalue weighted by Gasteiger charge is -2.07. The van der Waals surface area contributed by atoms with Gasteiger partial charge in [0.1, 0.15) is 18.1 Å². The van der Waals surface area contributed by atoms with Crippen molar-refractivity contribution >= 4 is 29.1 Å². The molecule has 2 aromatic rings. The van der Waals surface area contributed by atoms with Crippen molar-refractivity contribution in [3.63, 3.8) is 0 Å². The van der Waals surface area contributed by atoms with E-state index < -0.39 is 0 Å². The third-order valence-corrected chi connectivity index (χ3v) is 3.59. The molecule has 1 aromatic heterocycles. The number of ether oxygens (including phenoxy) is 1. The van der Waals surface area contributed by atoms with Gasteiger partial charge in [0.05, 0.1) is 32.2 Å². The molecule has 0 fully saturated rings. The molecular formula is C16H19Cl2N2O3+. The van der Waals surface area contributed by atoms with Crippen LogP contribution in [-0.4, -0.2) is 33.1 Å². The summed E-state index contributed by atoms with van der Waals surface area (Å²) >= 11 is 11.9. The molecule has 0 bridgehead atoms. The Morgan fingerprint density at radius 3 is 2.74 bits per heavy atom. The highest BCUT2D eigenvalue weighted by Crippen LogP contribution is 2.28. The normalized spacial score (nSPS) is 10.8. The van der Waals surface area contributed by atoms with Crippen molar-refractivity contribution in [2.45, 2.75) is 6.61 Å². The third-order valence-electron chi connectivity index (χ3n) is 3.06. The number of furan rings is 1. The van der Waals surface area contributed by atoms with Gasteiger partial charge in [0.25, 0.3) is 5.91 Å². The lowest BCUT2D eigenvalue weighted by atomic mass is 10.3. The largest absolute Gasteiger partial charge is 0.484 e. The molecule has 124 valence electrons. The van der Waals surface area contributed by atoms with E-state index >= 15 is 0 Å². The van der Waals surface area contributed by atoms with Crippen molar-refractivity contribution in [3.8, 4) is 5.75 Å². The molecule has 1 aromatic carbocycles. The Labute approximate surface area is 145 Å². The van der Waals surface area contributed by atoms with E-state index in [1.165, 1.54) is 4.90 Å². The zero-order chi connectivity index (χ0) is 16.8. The van der Waals surface area contributed by atoms with Crippen LogP contribution >= 0.6 is 23.2 Å². The zero-order valence-corrected chi connectivity index (χ0v) is 14.5. The van der Waals surface area contributed by atoms with Crippen LogP contribution in [0.3, 0.4) is 0 Å². The van der Waals surface area contributed by atoms with Gasteiger partial charge >= 0.3 is 0 Å². The first-order chi connectivity index (χ1) is 11.0. The minimum Gasteiger partial charge on any atom is -0.484 e. The number of likely N-dealkylation sites (N-methyl/N-ethyl adjacent to an activating group) is 1. The van der Waals surface area contributed by atoms with Gasteiger partial charge in [-0.1, -0.05) is 23.2 Å². The van der Waals surface area contributed by atoms with E-state index in [9.17, 15) is 4.79 Å². The number of carbonyl (C=O) groups is 1. The van der Waals surface area contributed by atoms with Crippen molar-refractivity contribution < 1.29 is 18.8 Å². The number of halogens is 2. The molecule has 0 aliphatic rings. The van der Waals surface area contributed by atoms with Crippen LogP contribution in [0.15, 0.2) is 34.7 Å². The first kappa shape index (κ1) is 17.7. The molecule has 0 aliphatic heterocycles. The minimum absolute atomic E-state index is 0.177. The summed E-state index contributed by atoms with van der Waals surface area (Å²) in [5.74, 6) is 1.08. The summed E-state index contributed by atoms with van der Waals surface area (Å²) < 4.78 is 11.0. The Bertz CT molecular complexity index is 671. The van der Waals surface area contributed by atoms with Gasteiger partial charge in [-0.25, -0.2) is 0 Å². The topological polar surface area (TPSA) is 55.9 Å². The molecule has 0 saturated carbocycles. The van der Waals surface area contributed by atoms with E-state index in [1.807, 2.05) is 14.1 Å². The summed E-state index contributed by atoms with van der Waals surface area (Å²) in [5, 5.41) is 3.77. The van der Waals surface area contributed by atoms with Crippen LogP contribution in [0, 0.1) is 0 Å². The molecule has 23 heavy (non-hydrogen) atoms. The molecule has 0 radical (unpaired) electrons. The molecule has 1 heterocycles. The van der Waals surface area contributed by atoms with Gasteiger partial charge in [-0.05, 0) is 30.3 Å². The second kappa shape index (κ2) is 8.24. The van der Waals surface area contributed by atoms with Gasteiger partial charge in [-0.2, -0.15) is 0 Å². The lowest BCUT2D eigenvalue weighted by Crippen LogP contribution is -3.06. The zero-order valence-electron chi connectivity index (χ0n) is 13.0. The number of amides is 1. The van der Waals surface area contributed by atoms with Gasteiger partial charge in [0.15, 0.2) is 5.76 Å². The fourth-order valence-electron chi connectivity index (χ4n) is 1.83. The van der Waals surface area contributed by atoms with Gasteiger partial charge in [0, 0.05) is 5.02 Å². The van der Waals surface area contributed by atoms with Crippen LogP contribution in [0.5, 0.6) is 5.75 Å². The number of nitrogens with one attached hydrogen (secondary N) is 2. The monoisotopic (exact) mass is 357 g/mol. The summed E-state index contributed by atoms with van der Waals surface area (Å²) in [5.41, 5.74) is 0. The maximum absolute atomic E-state index is 11.9. The second-order valence-corrected chi connectivity index (χ2v) is 6.19. The van der Waals surface area contributed by atoms with E-state index in [4.69, 9.17) is 32.4 Å². The Kier molecular flexibility index (Phi) is 6.33. The highest BCUT2D eigenvalue weighted by molar-refractivity contribution is 6.35. The first-order valence-electron chi connectivity index (χ1n) is 7.19. The van der Waals surface area contributed by atoms with Crippen LogP contribution in [0.2, 0.25) is 10.0 Å². The summed E-state index contributed by atoms with van der Waals surface area (Å²) in [7, 11) is 4.05. The number of benzene rings is 1. The van der Waals surface area contributed by atoms with Gasteiger partial charge < -0.3 is 19.4 Å². The van der Waals surface area contributed by atoms with E-state index in [-0.39, 0.29) is 18.3 Å². The van der Waals surface area contributed by atoms with Crippen molar-refractivity contribution in [3.05, 3.63) is 51.9 Å². The smallest absolute Gasteiger partial charge is 0.287 e. The molecule has 0 saturated heterocycles. The Morgan fingerprint density at radius 2 is 2.04 bits per heavy atom. The maximum atomic E-state index is 11.9. The average molecular weight is 358 g/mol. The molecule has 0 spiro atoms. The fourth-order valence-corrected chi connectivity index (χ4v) is 2.29. The van der Waals surface area contributed by atoms with E-state index in [2.05, 4.69) is 5.32 Å². The molecule has 2 N–H and O–H groups in total. The van der Waals surface area contributed by atoms with Crippen LogP contribution in [0.1, 0.15) is 16.3 Å². The molecule has 0 aliphatic carbocycles.